The highest BCUT2D eigenvalue weighted by Crippen LogP contribution is 2.28. The van der Waals surface area contributed by atoms with Gasteiger partial charge in [-0.05, 0) is 37.1 Å². The Kier molecular flexibility index (Phi) is 4.48. The summed E-state index contributed by atoms with van der Waals surface area (Å²) in [5.41, 5.74) is 0.505. The van der Waals surface area contributed by atoms with E-state index in [0.717, 1.165) is 18.9 Å². The zero-order valence-electron chi connectivity index (χ0n) is 12.1. The monoisotopic (exact) mass is 337 g/mol. The first-order chi connectivity index (χ1) is 11.0. The Balaban J connectivity index is 1.85. The molecule has 0 heterocycles. The van der Waals surface area contributed by atoms with Crippen molar-refractivity contribution < 1.29 is 18.3 Å². The van der Waals surface area contributed by atoms with Gasteiger partial charge >= 0.3 is 0 Å². The lowest BCUT2D eigenvalue weighted by atomic mass is 10.1. The number of ether oxygens (including phenoxy) is 1. The average Bonchev–Trinajstić information content (AvgIpc) is 3.33. The van der Waals surface area contributed by atoms with Gasteiger partial charge in [0.25, 0.3) is 5.91 Å². The highest BCUT2D eigenvalue weighted by atomic mass is 35.5. The third kappa shape index (κ3) is 3.99. The number of hydrogen-bond acceptors (Lipinski definition) is 2. The second-order valence-corrected chi connectivity index (χ2v) is 5.82. The lowest BCUT2D eigenvalue weighted by Crippen LogP contribution is -2.33. The van der Waals surface area contributed by atoms with Crippen molar-refractivity contribution in [2.75, 3.05) is 0 Å². The van der Waals surface area contributed by atoms with Gasteiger partial charge in [0.1, 0.15) is 17.4 Å². The van der Waals surface area contributed by atoms with Gasteiger partial charge in [0.15, 0.2) is 0 Å². The molecular weight excluding hydrogens is 324 g/mol. The summed E-state index contributed by atoms with van der Waals surface area (Å²) in [5.74, 6) is -1.03. The van der Waals surface area contributed by atoms with E-state index in [-0.39, 0.29) is 22.7 Å². The molecule has 1 saturated carbocycles. The number of benzene rings is 2. The van der Waals surface area contributed by atoms with Crippen LogP contribution in [0.5, 0.6) is 5.75 Å². The predicted molar refractivity (Wildman–Crippen MR) is 82.3 cm³/mol. The summed E-state index contributed by atoms with van der Waals surface area (Å²) in [4.78, 5) is 12.4. The van der Waals surface area contributed by atoms with Crippen LogP contribution in [0.4, 0.5) is 8.78 Å². The molecule has 2 aromatic rings. The van der Waals surface area contributed by atoms with Gasteiger partial charge in [-0.1, -0.05) is 23.7 Å². The molecule has 0 aliphatic heterocycles. The van der Waals surface area contributed by atoms with E-state index in [4.69, 9.17) is 16.3 Å². The molecule has 0 radical (unpaired) electrons. The summed E-state index contributed by atoms with van der Waals surface area (Å²) in [7, 11) is 0. The van der Waals surface area contributed by atoms with E-state index in [0.29, 0.717) is 5.56 Å². The third-order valence-electron chi connectivity index (χ3n) is 3.48. The first-order valence-electron chi connectivity index (χ1n) is 7.20. The number of halogens is 3. The molecule has 3 rings (SSSR count). The second-order valence-electron chi connectivity index (χ2n) is 5.41. The van der Waals surface area contributed by atoms with Gasteiger partial charge in [-0.2, -0.15) is 0 Å². The summed E-state index contributed by atoms with van der Waals surface area (Å²) in [6, 6.07) is 9.50. The Morgan fingerprint density at radius 2 is 1.87 bits per heavy atom. The molecular formula is C17H14ClF2NO2. The quantitative estimate of drug-likeness (QED) is 0.895. The maximum atomic E-state index is 13.2. The Labute approximate surface area is 137 Å². The topological polar surface area (TPSA) is 38.3 Å². The number of amides is 1. The van der Waals surface area contributed by atoms with Crippen LogP contribution >= 0.6 is 11.6 Å². The molecule has 1 fully saturated rings. The first-order valence-corrected chi connectivity index (χ1v) is 7.58. The fourth-order valence-corrected chi connectivity index (χ4v) is 2.27. The summed E-state index contributed by atoms with van der Waals surface area (Å²) in [5, 5.41) is 2.75. The van der Waals surface area contributed by atoms with Crippen LogP contribution in [0.3, 0.4) is 0 Å². The molecule has 23 heavy (non-hydrogen) atoms. The molecule has 1 amide bonds. The maximum Gasteiger partial charge on any atom is 0.266 e. The minimum atomic E-state index is -0.960. The molecule has 2 aromatic carbocycles. The van der Waals surface area contributed by atoms with Gasteiger partial charge in [-0.3, -0.25) is 4.79 Å². The van der Waals surface area contributed by atoms with Crippen LogP contribution in [-0.4, -0.2) is 11.9 Å². The van der Waals surface area contributed by atoms with Crippen molar-refractivity contribution >= 4 is 17.5 Å². The molecule has 0 saturated heterocycles. The Bertz CT molecular complexity index is 717. The summed E-state index contributed by atoms with van der Waals surface area (Å²) >= 11 is 5.73. The predicted octanol–water partition coefficient (Wildman–Crippen LogP) is 4.02. The van der Waals surface area contributed by atoms with E-state index in [2.05, 4.69) is 5.32 Å². The number of rotatable bonds is 5. The number of carbonyl (C=O) groups excluding carboxylic acids is 1. The van der Waals surface area contributed by atoms with Crippen molar-refractivity contribution in [3.05, 3.63) is 64.7 Å². The summed E-state index contributed by atoms with van der Waals surface area (Å²) in [6.07, 6.45) is 0.909. The van der Waals surface area contributed by atoms with Gasteiger partial charge in [0.05, 0.1) is 5.02 Å². The van der Waals surface area contributed by atoms with E-state index in [1.807, 2.05) is 0 Å². The van der Waals surface area contributed by atoms with Crippen LogP contribution in [0.15, 0.2) is 42.5 Å². The molecule has 1 aliphatic rings. The van der Waals surface area contributed by atoms with Crippen LogP contribution in [0.2, 0.25) is 5.02 Å². The average molecular weight is 338 g/mol. The van der Waals surface area contributed by atoms with Crippen molar-refractivity contribution in [1.29, 1.82) is 0 Å². The van der Waals surface area contributed by atoms with Crippen molar-refractivity contribution in [3.63, 3.8) is 0 Å². The van der Waals surface area contributed by atoms with Crippen molar-refractivity contribution in [1.82, 2.24) is 5.32 Å². The first kappa shape index (κ1) is 15.7. The van der Waals surface area contributed by atoms with E-state index >= 15 is 0 Å². The van der Waals surface area contributed by atoms with Gasteiger partial charge in [0.2, 0.25) is 6.10 Å². The molecule has 1 N–H and O–H groups in total. The van der Waals surface area contributed by atoms with E-state index in [1.165, 1.54) is 36.4 Å². The number of carbonyl (C=O) groups is 1. The lowest BCUT2D eigenvalue weighted by molar-refractivity contribution is -0.128. The van der Waals surface area contributed by atoms with Gasteiger partial charge in [-0.25, -0.2) is 8.78 Å². The second kappa shape index (κ2) is 6.54. The molecule has 120 valence electrons. The smallest absolute Gasteiger partial charge is 0.266 e. The minimum Gasteiger partial charge on any atom is -0.476 e. The van der Waals surface area contributed by atoms with Gasteiger partial charge in [-0.15, -0.1) is 0 Å². The Hall–Kier alpha value is -2.14. The zero-order valence-corrected chi connectivity index (χ0v) is 12.8. The number of nitrogens with one attached hydrogen (secondary N) is 1. The van der Waals surface area contributed by atoms with E-state index in [1.54, 1.807) is 0 Å². The van der Waals surface area contributed by atoms with Crippen LogP contribution in [-0.2, 0) is 4.79 Å². The summed E-state index contributed by atoms with van der Waals surface area (Å²) < 4.78 is 32.0. The highest BCUT2D eigenvalue weighted by Gasteiger charge is 2.29. The fraction of sp³-hybridized carbons (Fsp3) is 0.235. The lowest BCUT2D eigenvalue weighted by Gasteiger charge is -2.19. The third-order valence-corrected chi connectivity index (χ3v) is 3.77. The van der Waals surface area contributed by atoms with Crippen molar-refractivity contribution in [2.45, 2.75) is 25.0 Å². The molecule has 1 aliphatic carbocycles. The molecule has 3 nitrogen and oxygen atoms in total. The van der Waals surface area contributed by atoms with Crippen LogP contribution < -0.4 is 10.1 Å². The SMILES string of the molecule is O=C(NC1CC1)[C@@H](Oc1ccc(F)c(Cl)c1)c1ccc(F)cc1. The molecule has 6 heteroatoms. The highest BCUT2D eigenvalue weighted by molar-refractivity contribution is 6.30. The van der Waals surface area contributed by atoms with Crippen molar-refractivity contribution in [3.8, 4) is 5.75 Å². The Morgan fingerprint density at radius 1 is 1.17 bits per heavy atom. The van der Waals surface area contributed by atoms with Gasteiger partial charge in [0, 0.05) is 17.7 Å². The van der Waals surface area contributed by atoms with Gasteiger partial charge < -0.3 is 10.1 Å². The van der Waals surface area contributed by atoms with Crippen LogP contribution in [0.1, 0.15) is 24.5 Å². The summed E-state index contributed by atoms with van der Waals surface area (Å²) in [6.45, 7) is 0. The standard InChI is InChI=1S/C17H14ClF2NO2/c18-14-9-13(7-8-15(14)20)23-16(17(22)21-12-5-6-12)10-1-3-11(19)4-2-10/h1-4,7-9,12,16H,5-6H2,(H,21,22)/t16-/m0/s1. The largest absolute Gasteiger partial charge is 0.476 e. The maximum absolute atomic E-state index is 13.2. The minimum absolute atomic E-state index is 0.0945. The Morgan fingerprint density at radius 3 is 2.48 bits per heavy atom. The van der Waals surface area contributed by atoms with Crippen LogP contribution in [0, 0.1) is 11.6 Å². The van der Waals surface area contributed by atoms with E-state index < -0.39 is 17.7 Å². The molecule has 0 aromatic heterocycles. The molecule has 0 spiro atoms. The molecule has 0 bridgehead atoms. The van der Waals surface area contributed by atoms with E-state index in [9.17, 15) is 13.6 Å². The fourth-order valence-electron chi connectivity index (χ4n) is 2.10. The molecule has 0 unspecified atom stereocenters. The molecule has 1 atom stereocenters. The zero-order chi connectivity index (χ0) is 16.4. The number of hydrogen-bond donors (Lipinski definition) is 1. The van der Waals surface area contributed by atoms with Crippen LogP contribution in [0.25, 0.3) is 0 Å². The normalized spacial score (nSPS) is 15.1. The van der Waals surface area contributed by atoms with Crippen molar-refractivity contribution in [2.24, 2.45) is 0 Å².